The van der Waals surface area contributed by atoms with E-state index in [1.807, 2.05) is 35.7 Å². The van der Waals surface area contributed by atoms with Crippen molar-refractivity contribution in [3.8, 4) is 33.6 Å². The second kappa shape index (κ2) is 17.2. The van der Waals surface area contributed by atoms with E-state index in [0.29, 0.717) is 5.92 Å². The second-order valence-corrected chi connectivity index (χ2v) is 24.1. The molecular weight excluding hydrogens is 905 g/mol. The van der Waals surface area contributed by atoms with E-state index in [0.717, 1.165) is 40.3 Å². The molecule has 295 valence electrons. The van der Waals surface area contributed by atoms with Gasteiger partial charge in [-0.2, -0.15) is 11.3 Å². The summed E-state index contributed by atoms with van der Waals surface area (Å²) in [5.74, 6) is 3.31. The number of nitrogens with zero attached hydrogens (tertiary/aromatic N) is 2. The summed E-state index contributed by atoms with van der Waals surface area (Å²) in [5.41, 5.74) is 13.9. The predicted octanol–water partition coefficient (Wildman–Crippen LogP) is 14.1. The third-order valence-electron chi connectivity index (χ3n) is 12.5. The van der Waals surface area contributed by atoms with Crippen LogP contribution < -0.4 is 5.19 Å². The number of hydrogen-bond acceptors (Lipinski definition) is 3. The van der Waals surface area contributed by atoms with Gasteiger partial charge < -0.3 is 9.97 Å². The normalized spacial score (nSPS) is 17.7. The molecule has 5 heteroatoms. The fourth-order valence-electron chi connectivity index (χ4n) is 9.80. The van der Waals surface area contributed by atoms with Crippen molar-refractivity contribution in [1.29, 1.82) is 0 Å². The van der Waals surface area contributed by atoms with E-state index in [2.05, 4.69) is 144 Å². The van der Waals surface area contributed by atoms with E-state index < -0.39 is 8.07 Å². The van der Waals surface area contributed by atoms with Crippen LogP contribution in [0.3, 0.4) is 0 Å². The van der Waals surface area contributed by atoms with Gasteiger partial charge in [-0.25, -0.2) is 0 Å². The third kappa shape index (κ3) is 8.83. The van der Waals surface area contributed by atoms with Gasteiger partial charge in [0, 0.05) is 37.2 Å². The van der Waals surface area contributed by atoms with Gasteiger partial charge in [0.2, 0.25) is 0 Å². The van der Waals surface area contributed by atoms with Gasteiger partial charge in [-0.3, -0.25) is 0 Å². The second-order valence-electron chi connectivity index (χ2n) is 18.0. The molecule has 4 aromatic carbocycles. The predicted molar refractivity (Wildman–Crippen MR) is 244 cm³/mol. The quantitative estimate of drug-likeness (QED) is 0.118. The van der Waals surface area contributed by atoms with Gasteiger partial charge in [0.1, 0.15) is 0 Å². The van der Waals surface area contributed by atoms with Gasteiger partial charge in [0.15, 0.2) is 0 Å². The first-order valence-electron chi connectivity index (χ1n) is 20.8. The molecule has 3 aliphatic rings. The molecule has 3 saturated carbocycles. The van der Waals surface area contributed by atoms with Crippen LogP contribution in [-0.4, -0.2) is 18.0 Å². The van der Waals surface area contributed by atoms with Crippen molar-refractivity contribution in [1.82, 2.24) is 9.97 Å². The van der Waals surface area contributed by atoms with Gasteiger partial charge >= 0.3 is 0 Å². The smallest absolute Gasteiger partial charge is 0.0799 e. The monoisotopic (exact) mass is 961 g/mol. The Hall–Kier alpha value is -3.73. The minimum atomic E-state index is -1.34. The Kier molecular flexibility index (Phi) is 12.5. The van der Waals surface area contributed by atoms with Gasteiger partial charge in [0.25, 0.3) is 0 Å². The van der Waals surface area contributed by atoms with E-state index in [4.69, 9.17) is 4.98 Å². The molecule has 2 bridgehead atoms. The number of hydrogen-bond donors (Lipinski definition) is 0. The average Bonchev–Trinajstić information content (AvgIpc) is 3.56. The van der Waals surface area contributed by atoms with Crippen LogP contribution in [0.4, 0.5) is 0 Å². The van der Waals surface area contributed by atoms with E-state index in [1.54, 1.807) is 0 Å². The number of thiophene rings is 1. The van der Waals surface area contributed by atoms with Crippen LogP contribution in [0.2, 0.25) is 19.6 Å². The molecule has 3 aliphatic carbocycles. The fraction of sp³-hybridized carbons (Fsp3) is 0.346. The van der Waals surface area contributed by atoms with Crippen LogP contribution >= 0.6 is 11.3 Å². The Balaban J connectivity index is 0.000000211. The van der Waals surface area contributed by atoms with Crippen molar-refractivity contribution >= 4 is 44.8 Å². The first kappa shape index (κ1) is 41.4. The van der Waals surface area contributed by atoms with Gasteiger partial charge in [-0.05, 0) is 131 Å². The zero-order chi connectivity index (χ0) is 39.1. The van der Waals surface area contributed by atoms with Crippen molar-refractivity contribution in [3.05, 3.63) is 137 Å². The van der Waals surface area contributed by atoms with E-state index in [-0.39, 0.29) is 20.1 Å². The summed E-state index contributed by atoms with van der Waals surface area (Å²) in [5, 5.41) is 4.12. The van der Waals surface area contributed by atoms with Gasteiger partial charge in [-0.1, -0.05) is 105 Å². The molecule has 3 fully saturated rings. The maximum atomic E-state index is 4.84. The molecular formula is C52H56IrN2SSi-2. The molecule has 0 N–H and O–H groups in total. The minimum Gasteiger partial charge on any atom is -0.305 e. The SMILES string of the molecule is CC(C)c1cc(-c2[c-]cccc2)ncc1[Si](C)(C)C.Cc1cc(C)c(-c2ccc3c(c2)sc2c(-c4cc(CC5CC6CCC5CC6)ccn4)[c-]ccc23)c(C)c1.[Ir]. The zero-order valence-corrected chi connectivity index (χ0v) is 39.1. The van der Waals surface area contributed by atoms with Crippen LogP contribution in [0.5, 0.6) is 0 Å². The molecule has 2 nitrogen and oxygen atoms in total. The Morgan fingerprint density at radius 1 is 0.789 bits per heavy atom. The number of benzene rings is 4. The van der Waals surface area contributed by atoms with E-state index in [1.165, 1.54) is 103 Å². The molecule has 0 saturated heterocycles. The first-order valence-corrected chi connectivity index (χ1v) is 25.1. The van der Waals surface area contributed by atoms with Gasteiger partial charge in [-0.15, -0.1) is 59.7 Å². The molecule has 3 heterocycles. The molecule has 1 atom stereocenters. The van der Waals surface area contributed by atoms with Crippen LogP contribution in [0.15, 0.2) is 97.3 Å². The summed E-state index contributed by atoms with van der Waals surface area (Å²) >= 11 is 1.89. The minimum absolute atomic E-state index is 0. The molecule has 0 spiro atoms. The Labute approximate surface area is 360 Å². The average molecular weight is 961 g/mol. The first-order chi connectivity index (χ1) is 26.9. The number of rotatable bonds is 7. The van der Waals surface area contributed by atoms with Crippen LogP contribution in [0.25, 0.3) is 53.8 Å². The molecule has 7 aromatic rings. The molecule has 10 rings (SSSR count). The largest absolute Gasteiger partial charge is 0.305 e. The van der Waals surface area contributed by atoms with Crippen molar-refractivity contribution < 1.29 is 20.1 Å². The number of aromatic nitrogens is 2. The summed E-state index contributed by atoms with van der Waals surface area (Å²) < 4.78 is 2.63. The molecule has 0 aliphatic heterocycles. The zero-order valence-electron chi connectivity index (χ0n) is 34.9. The summed E-state index contributed by atoms with van der Waals surface area (Å²) in [6, 6.07) is 37.6. The van der Waals surface area contributed by atoms with E-state index >= 15 is 0 Å². The topological polar surface area (TPSA) is 25.8 Å². The maximum Gasteiger partial charge on any atom is 0.0799 e. The third-order valence-corrected chi connectivity index (χ3v) is 15.7. The van der Waals surface area contributed by atoms with Crippen molar-refractivity contribution in [2.75, 3.05) is 0 Å². The standard InChI is InChI=1S/C35H34NS.C17H22NSi.Ir/c1-21-15-22(2)34(23(3)16-21)27-11-12-29-30-5-4-6-31(35(30)37-33(29)20-27)32-19-25(13-14-36-32)18-28-17-24-7-9-26(28)10-8-24;1-13(2)15-11-16(14-9-7-6-8-10-14)18-12-17(15)19(3,4)5;/h4-5,11-16,19-20,24,26,28H,7-10,17-18H2,1-3H3;6-9,11-13H,1-5H3;/q2*-1;. The van der Waals surface area contributed by atoms with E-state index in [9.17, 15) is 0 Å². The summed E-state index contributed by atoms with van der Waals surface area (Å²) in [4.78, 5) is 9.50. The maximum absolute atomic E-state index is 4.84. The van der Waals surface area contributed by atoms with Crippen LogP contribution in [0, 0.1) is 50.7 Å². The van der Waals surface area contributed by atoms with Crippen molar-refractivity contribution in [3.63, 3.8) is 0 Å². The van der Waals surface area contributed by atoms with Crippen molar-refractivity contribution in [2.45, 2.75) is 98.7 Å². The van der Waals surface area contributed by atoms with Crippen molar-refractivity contribution in [2.24, 2.45) is 17.8 Å². The molecule has 1 radical (unpaired) electrons. The van der Waals surface area contributed by atoms with Crippen LogP contribution in [0.1, 0.15) is 79.7 Å². The van der Waals surface area contributed by atoms with Gasteiger partial charge in [0.05, 0.1) is 8.07 Å². The summed E-state index contributed by atoms with van der Waals surface area (Å²) in [7, 11) is -1.34. The molecule has 3 aromatic heterocycles. The number of pyridine rings is 2. The summed E-state index contributed by atoms with van der Waals surface area (Å²) in [6.45, 7) is 18.3. The number of fused-ring (bicyclic) bond motifs is 6. The Morgan fingerprint density at radius 3 is 2.23 bits per heavy atom. The van der Waals surface area contributed by atoms with Crippen LogP contribution in [-0.2, 0) is 26.5 Å². The summed E-state index contributed by atoms with van der Waals surface area (Å²) in [6.07, 6.45) is 12.6. The Bertz CT molecular complexity index is 2480. The number of aryl methyl sites for hydroxylation is 3. The molecule has 0 amide bonds. The molecule has 1 unspecified atom stereocenters. The Morgan fingerprint density at radius 2 is 1.56 bits per heavy atom. The molecule has 57 heavy (non-hydrogen) atoms. The fourth-order valence-corrected chi connectivity index (χ4v) is 12.7.